The molecule has 0 aliphatic carbocycles. The highest BCUT2D eigenvalue weighted by Gasteiger charge is 2.37. The summed E-state index contributed by atoms with van der Waals surface area (Å²) in [5, 5.41) is 9.94. The van der Waals surface area contributed by atoms with E-state index in [2.05, 4.69) is 70.9 Å². The van der Waals surface area contributed by atoms with Gasteiger partial charge in [-0.25, -0.2) is 0 Å². The number of hydrogen-bond donors (Lipinski definition) is 0. The summed E-state index contributed by atoms with van der Waals surface area (Å²) in [5.74, 6) is 2.31. The number of aryl methyl sites for hydroxylation is 1. The molecule has 4 rings (SSSR count). The van der Waals surface area contributed by atoms with Crippen molar-refractivity contribution in [1.82, 2.24) is 19.7 Å². The van der Waals surface area contributed by atoms with Crippen molar-refractivity contribution < 1.29 is 9.15 Å². The van der Waals surface area contributed by atoms with Gasteiger partial charge in [0, 0.05) is 62.2 Å². The van der Waals surface area contributed by atoms with Crippen LogP contribution >= 0.6 is 0 Å². The van der Waals surface area contributed by atoms with E-state index >= 15 is 0 Å². The minimum absolute atomic E-state index is 0.222. The Labute approximate surface area is 166 Å². The normalized spacial score (nSPS) is 20.6. The number of hydrogen-bond acceptors (Lipinski definition) is 5. The predicted octanol–water partition coefficient (Wildman–Crippen LogP) is 4.03. The van der Waals surface area contributed by atoms with Crippen LogP contribution in [0.15, 0.2) is 34.9 Å². The second kappa shape index (κ2) is 8.05. The summed E-state index contributed by atoms with van der Waals surface area (Å²) in [5.41, 5.74) is 2.69. The maximum absolute atomic E-state index is 5.99. The third kappa shape index (κ3) is 3.59. The molecule has 2 aromatic heterocycles. The van der Waals surface area contributed by atoms with E-state index in [0.717, 1.165) is 38.0 Å². The van der Waals surface area contributed by atoms with E-state index in [-0.39, 0.29) is 11.8 Å². The van der Waals surface area contributed by atoms with Gasteiger partial charge in [-0.3, -0.25) is 4.90 Å². The van der Waals surface area contributed by atoms with Crippen LogP contribution in [0.4, 0.5) is 0 Å². The van der Waals surface area contributed by atoms with Crippen LogP contribution in [0.25, 0.3) is 10.9 Å². The van der Waals surface area contributed by atoms with E-state index in [9.17, 15) is 0 Å². The van der Waals surface area contributed by atoms with Gasteiger partial charge in [-0.2, -0.15) is 0 Å². The number of methoxy groups -OCH3 is 1. The van der Waals surface area contributed by atoms with Gasteiger partial charge in [-0.05, 0) is 18.6 Å². The average molecular weight is 383 g/mol. The van der Waals surface area contributed by atoms with Crippen molar-refractivity contribution in [3.63, 3.8) is 0 Å². The molecule has 0 spiro atoms. The number of ether oxygens (including phenoxy) is 1. The molecule has 6 nitrogen and oxygen atoms in total. The largest absolute Gasteiger partial charge is 0.425 e. The van der Waals surface area contributed by atoms with Gasteiger partial charge in [0.25, 0.3) is 0 Å². The van der Waals surface area contributed by atoms with Crippen molar-refractivity contribution in [3.8, 4) is 0 Å². The minimum atomic E-state index is 0.222. The Hall–Kier alpha value is -2.18. The van der Waals surface area contributed by atoms with Gasteiger partial charge in [-0.1, -0.05) is 32.0 Å². The smallest absolute Gasteiger partial charge is 0.221 e. The fourth-order valence-corrected chi connectivity index (χ4v) is 4.33. The number of likely N-dealkylation sites (tertiary alicyclic amines) is 1. The summed E-state index contributed by atoms with van der Waals surface area (Å²) < 4.78 is 13.8. The molecule has 1 saturated heterocycles. The zero-order chi connectivity index (χ0) is 19.7. The van der Waals surface area contributed by atoms with Gasteiger partial charge in [0.05, 0.1) is 12.5 Å². The van der Waals surface area contributed by atoms with E-state index in [0.29, 0.717) is 12.5 Å². The summed E-state index contributed by atoms with van der Waals surface area (Å²) in [6.07, 6.45) is 2.30. The fourth-order valence-electron chi connectivity index (χ4n) is 4.33. The van der Waals surface area contributed by atoms with E-state index in [1.807, 2.05) is 0 Å². The van der Waals surface area contributed by atoms with Crippen LogP contribution in [0.1, 0.15) is 50.0 Å². The SMILES string of the molecule is CCn1cc(CN2C[C@@H](COC)[C@H](c3nnc(C(C)C)o3)C2)c2ccccc21. The molecule has 1 aliphatic rings. The van der Waals surface area contributed by atoms with Gasteiger partial charge in [0.1, 0.15) is 0 Å². The van der Waals surface area contributed by atoms with Crippen molar-refractivity contribution >= 4 is 10.9 Å². The van der Waals surface area contributed by atoms with Gasteiger partial charge in [0.15, 0.2) is 0 Å². The molecule has 1 aliphatic heterocycles. The van der Waals surface area contributed by atoms with Crippen molar-refractivity contribution in [3.05, 3.63) is 47.8 Å². The summed E-state index contributed by atoms with van der Waals surface area (Å²) in [4.78, 5) is 2.50. The lowest BCUT2D eigenvalue weighted by Crippen LogP contribution is -2.21. The van der Waals surface area contributed by atoms with E-state index in [1.54, 1.807) is 7.11 Å². The van der Waals surface area contributed by atoms with Gasteiger partial charge >= 0.3 is 0 Å². The first-order valence-corrected chi connectivity index (χ1v) is 10.2. The Bertz CT molecular complexity index is 930. The highest BCUT2D eigenvalue weighted by atomic mass is 16.5. The molecule has 1 aromatic carbocycles. The Kier molecular flexibility index (Phi) is 5.51. The van der Waals surface area contributed by atoms with Crippen molar-refractivity contribution in [1.29, 1.82) is 0 Å². The molecule has 0 saturated carbocycles. The summed E-state index contributed by atoms with van der Waals surface area (Å²) in [6.45, 7) is 10.9. The number of rotatable bonds is 7. The molecule has 2 atom stereocenters. The zero-order valence-corrected chi connectivity index (χ0v) is 17.3. The Balaban J connectivity index is 1.56. The number of para-hydroxylation sites is 1. The first-order valence-electron chi connectivity index (χ1n) is 10.2. The maximum atomic E-state index is 5.99. The molecule has 0 N–H and O–H groups in total. The average Bonchev–Trinajstić information content (AvgIpc) is 3.40. The molecular weight excluding hydrogens is 352 g/mol. The van der Waals surface area contributed by atoms with Gasteiger partial charge in [0.2, 0.25) is 11.8 Å². The molecule has 0 unspecified atom stereocenters. The number of fused-ring (bicyclic) bond motifs is 1. The van der Waals surface area contributed by atoms with Crippen LogP contribution in [0.5, 0.6) is 0 Å². The molecular formula is C22H30N4O2. The van der Waals surface area contributed by atoms with E-state index in [4.69, 9.17) is 9.15 Å². The summed E-state index contributed by atoms with van der Waals surface area (Å²) in [6, 6.07) is 8.66. The van der Waals surface area contributed by atoms with Crippen LogP contribution < -0.4 is 0 Å². The second-order valence-electron chi connectivity index (χ2n) is 8.11. The first kappa shape index (κ1) is 19.2. The van der Waals surface area contributed by atoms with E-state index in [1.165, 1.54) is 16.5 Å². The second-order valence-corrected chi connectivity index (χ2v) is 8.11. The molecule has 0 radical (unpaired) electrons. The Morgan fingerprint density at radius 1 is 1.21 bits per heavy atom. The van der Waals surface area contributed by atoms with Crippen molar-refractivity contribution in [2.75, 3.05) is 26.8 Å². The molecule has 0 bridgehead atoms. The lowest BCUT2D eigenvalue weighted by Gasteiger charge is -2.15. The van der Waals surface area contributed by atoms with Crippen molar-refractivity contribution in [2.45, 2.75) is 45.7 Å². The zero-order valence-electron chi connectivity index (χ0n) is 17.3. The molecule has 3 aromatic rings. The van der Waals surface area contributed by atoms with Crippen LogP contribution in [0.3, 0.4) is 0 Å². The number of benzene rings is 1. The summed E-state index contributed by atoms with van der Waals surface area (Å²) in [7, 11) is 1.77. The minimum Gasteiger partial charge on any atom is -0.425 e. The molecule has 1 fully saturated rings. The number of nitrogens with zero attached hydrogens (tertiary/aromatic N) is 4. The highest BCUT2D eigenvalue weighted by Crippen LogP contribution is 2.34. The molecule has 0 amide bonds. The predicted molar refractivity (Wildman–Crippen MR) is 109 cm³/mol. The lowest BCUT2D eigenvalue weighted by molar-refractivity contribution is 0.143. The monoisotopic (exact) mass is 382 g/mol. The number of aromatic nitrogens is 3. The Morgan fingerprint density at radius 2 is 2.04 bits per heavy atom. The quantitative estimate of drug-likeness (QED) is 0.617. The molecule has 28 heavy (non-hydrogen) atoms. The summed E-state index contributed by atoms with van der Waals surface area (Å²) >= 11 is 0. The van der Waals surface area contributed by atoms with E-state index < -0.39 is 0 Å². The molecule has 3 heterocycles. The van der Waals surface area contributed by atoms with Crippen LogP contribution in [-0.2, 0) is 17.8 Å². The topological polar surface area (TPSA) is 56.3 Å². The van der Waals surface area contributed by atoms with Crippen LogP contribution in [0.2, 0.25) is 0 Å². The highest BCUT2D eigenvalue weighted by molar-refractivity contribution is 5.83. The Morgan fingerprint density at radius 3 is 2.75 bits per heavy atom. The maximum Gasteiger partial charge on any atom is 0.221 e. The first-order chi connectivity index (χ1) is 13.6. The standard InChI is InChI=1S/C22H30N4O2/c1-5-26-12-16(18-8-6-7-9-20(18)26)10-25-11-17(14-27-4)19(13-25)22-24-23-21(28-22)15(2)3/h6-9,12,15,17,19H,5,10-11,13-14H2,1-4H3/t17-,19+/m0/s1. The van der Waals surface area contributed by atoms with Gasteiger partial charge < -0.3 is 13.7 Å². The van der Waals surface area contributed by atoms with Crippen LogP contribution in [0, 0.1) is 5.92 Å². The third-order valence-electron chi connectivity index (χ3n) is 5.77. The van der Waals surface area contributed by atoms with Crippen molar-refractivity contribution in [2.24, 2.45) is 5.92 Å². The molecule has 150 valence electrons. The van der Waals surface area contributed by atoms with Gasteiger partial charge in [-0.15, -0.1) is 10.2 Å². The molecule has 6 heteroatoms. The van der Waals surface area contributed by atoms with Crippen LogP contribution in [-0.4, -0.2) is 46.5 Å². The lowest BCUT2D eigenvalue weighted by atomic mass is 9.97. The fraction of sp³-hybridized carbons (Fsp3) is 0.545. The third-order valence-corrected chi connectivity index (χ3v) is 5.77.